The Bertz CT molecular complexity index is 625. The van der Waals surface area contributed by atoms with Crippen LogP contribution in [0.2, 0.25) is 0 Å². The Morgan fingerprint density at radius 1 is 1.39 bits per heavy atom. The quantitative estimate of drug-likeness (QED) is 0.924. The zero-order chi connectivity index (χ0) is 16.6. The fourth-order valence-corrected chi connectivity index (χ4v) is 3.91. The van der Waals surface area contributed by atoms with Crippen LogP contribution in [0.1, 0.15) is 39.0 Å². The summed E-state index contributed by atoms with van der Waals surface area (Å²) in [6.45, 7) is 1.94. The van der Waals surface area contributed by atoms with Gasteiger partial charge >= 0.3 is 12.1 Å². The molecule has 0 bridgehead atoms. The average Bonchev–Trinajstić information content (AvgIpc) is 2.79. The van der Waals surface area contributed by atoms with Gasteiger partial charge in [-0.3, -0.25) is 9.69 Å². The zero-order valence-electron chi connectivity index (χ0n) is 13.0. The molecule has 1 saturated heterocycles. The average molecular weight is 321 g/mol. The van der Waals surface area contributed by atoms with Crippen molar-refractivity contribution in [3.8, 4) is 0 Å². The number of benzene rings is 1. The number of amides is 1. The Hall–Kier alpha value is -2.11. The lowest BCUT2D eigenvalue weighted by Gasteiger charge is -2.39. The van der Waals surface area contributed by atoms with E-state index in [1.54, 1.807) is 18.2 Å². The van der Waals surface area contributed by atoms with Gasteiger partial charge in [-0.2, -0.15) is 0 Å². The summed E-state index contributed by atoms with van der Waals surface area (Å²) < 4.78 is 19.8. The standard InChI is InChI=1S/C17H20FNO4/c1-2-14-17(9-7-11(8-10-17)15(20)21)23-16(22)19(14)13-6-4-3-5-12(13)18/h3-6,11,14H,2,7-10H2,1H3,(H,20,21). The predicted octanol–water partition coefficient (Wildman–Crippen LogP) is 3.57. The first-order chi connectivity index (χ1) is 11.0. The van der Waals surface area contributed by atoms with Gasteiger partial charge in [-0.1, -0.05) is 19.1 Å². The van der Waals surface area contributed by atoms with E-state index in [1.165, 1.54) is 11.0 Å². The van der Waals surface area contributed by atoms with Crippen molar-refractivity contribution in [3.63, 3.8) is 0 Å². The van der Waals surface area contributed by atoms with Gasteiger partial charge < -0.3 is 9.84 Å². The van der Waals surface area contributed by atoms with E-state index in [2.05, 4.69) is 0 Å². The topological polar surface area (TPSA) is 66.8 Å². The van der Waals surface area contributed by atoms with Crippen LogP contribution >= 0.6 is 0 Å². The first-order valence-corrected chi connectivity index (χ1v) is 7.98. The number of anilines is 1. The largest absolute Gasteiger partial charge is 0.481 e. The molecule has 1 aromatic rings. The molecule has 23 heavy (non-hydrogen) atoms. The fraction of sp³-hybridized carbons (Fsp3) is 0.529. The summed E-state index contributed by atoms with van der Waals surface area (Å²) in [5.41, 5.74) is -0.485. The summed E-state index contributed by atoms with van der Waals surface area (Å²) in [5, 5.41) is 9.14. The molecule has 1 atom stereocenters. The van der Waals surface area contributed by atoms with E-state index < -0.39 is 23.5 Å². The number of para-hydroxylation sites is 1. The molecule has 1 N–H and O–H groups in total. The molecule has 1 spiro atoms. The highest BCUT2D eigenvalue weighted by Crippen LogP contribution is 2.46. The summed E-state index contributed by atoms with van der Waals surface area (Å²) >= 11 is 0. The number of halogens is 1. The van der Waals surface area contributed by atoms with E-state index in [-0.39, 0.29) is 17.6 Å². The van der Waals surface area contributed by atoms with Crippen LogP contribution < -0.4 is 4.90 Å². The summed E-state index contributed by atoms with van der Waals surface area (Å²) in [6.07, 6.45) is 2.03. The molecule has 1 heterocycles. The molecular weight excluding hydrogens is 301 g/mol. The third kappa shape index (κ3) is 2.56. The molecule has 6 heteroatoms. The van der Waals surface area contributed by atoms with Crippen molar-refractivity contribution < 1.29 is 23.8 Å². The molecule has 0 radical (unpaired) electrons. The minimum absolute atomic E-state index is 0.224. The number of nitrogens with zero attached hydrogens (tertiary/aromatic N) is 1. The molecule has 1 aromatic carbocycles. The van der Waals surface area contributed by atoms with E-state index in [0.29, 0.717) is 32.1 Å². The lowest BCUT2D eigenvalue weighted by molar-refractivity contribution is -0.144. The van der Waals surface area contributed by atoms with Crippen LogP contribution in [-0.4, -0.2) is 28.8 Å². The van der Waals surface area contributed by atoms with E-state index in [1.807, 2.05) is 6.92 Å². The molecule has 3 rings (SSSR count). The van der Waals surface area contributed by atoms with Crippen LogP contribution in [0.4, 0.5) is 14.9 Å². The maximum absolute atomic E-state index is 14.1. The summed E-state index contributed by atoms with van der Waals surface area (Å²) in [5.74, 6) is -1.65. The monoisotopic (exact) mass is 321 g/mol. The molecule has 2 aliphatic rings. The smallest absolute Gasteiger partial charge is 0.415 e. The van der Waals surface area contributed by atoms with Gasteiger partial charge in [-0.25, -0.2) is 9.18 Å². The summed E-state index contributed by atoms with van der Waals surface area (Å²) in [6, 6.07) is 5.88. The minimum atomic E-state index is -0.803. The van der Waals surface area contributed by atoms with Gasteiger partial charge in [-0.05, 0) is 44.2 Å². The van der Waals surface area contributed by atoms with Crippen LogP contribution in [0.5, 0.6) is 0 Å². The third-order valence-corrected chi connectivity index (χ3v) is 5.09. The maximum Gasteiger partial charge on any atom is 0.415 e. The second-order valence-electron chi connectivity index (χ2n) is 6.29. The molecule has 1 aliphatic carbocycles. The molecule has 1 unspecified atom stereocenters. The number of carboxylic acid groups (broad SMARTS) is 1. The highest BCUT2D eigenvalue weighted by Gasteiger charge is 2.55. The van der Waals surface area contributed by atoms with E-state index >= 15 is 0 Å². The van der Waals surface area contributed by atoms with Crippen LogP contribution in [0.3, 0.4) is 0 Å². The number of hydrogen-bond acceptors (Lipinski definition) is 3. The van der Waals surface area contributed by atoms with Crippen LogP contribution in [0.25, 0.3) is 0 Å². The summed E-state index contributed by atoms with van der Waals surface area (Å²) in [7, 11) is 0. The first-order valence-electron chi connectivity index (χ1n) is 7.98. The Morgan fingerprint density at radius 3 is 2.61 bits per heavy atom. The minimum Gasteiger partial charge on any atom is -0.481 e. The molecule has 0 aromatic heterocycles. The van der Waals surface area contributed by atoms with Crippen LogP contribution in [0.15, 0.2) is 24.3 Å². The van der Waals surface area contributed by atoms with Gasteiger partial charge in [0, 0.05) is 0 Å². The highest BCUT2D eigenvalue weighted by atomic mass is 19.1. The van der Waals surface area contributed by atoms with Crippen molar-refractivity contribution in [1.29, 1.82) is 0 Å². The van der Waals surface area contributed by atoms with Gasteiger partial charge in [0.15, 0.2) is 0 Å². The first kappa shape index (κ1) is 15.8. The van der Waals surface area contributed by atoms with Gasteiger partial charge in [0.1, 0.15) is 11.4 Å². The normalized spacial score (nSPS) is 30.5. The van der Waals surface area contributed by atoms with Gasteiger partial charge in [0.2, 0.25) is 0 Å². The van der Waals surface area contributed by atoms with Crippen molar-refractivity contribution >= 4 is 17.7 Å². The third-order valence-electron chi connectivity index (χ3n) is 5.09. The number of hydrogen-bond donors (Lipinski definition) is 1. The number of carbonyl (C=O) groups is 2. The molecule has 2 fully saturated rings. The fourth-order valence-electron chi connectivity index (χ4n) is 3.91. The Morgan fingerprint density at radius 2 is 2.04 bits per heavy atom. The number of rotatable bonds is 3. The van der Waals surface area contributed by atoms with Crippen LogP contribution in [0, 0.1) is 11.7 Å². The van der Waals surface area contributed by atoms with Gasteiger partial charge in [0.05, 0.1) is 17.6 Å². The number of carboxylic acids is 1. The van der Waals surface area contributed by atoms with E-state index in [9.17, 15) is 14.0 Å². The Labute approximate surface area is 134 Å². The molecule has 1 aliphatic heterocycles. The lowest BCUT2D eigenvalue weighted by atomic mass is 9.74. The van der Waals surface area contributed by atoms with Crippen molar-refractivity contribution in [2.24, 2.45) is 5.92 Å². The van der Waals surface area contributed by atoms with Crippen molar-refractivity contribution in [1.82, 2.24) is 0 Å². The second kappa shape index (κ2) is 5.83. The van der Waals surface area contributed by atoms with Gasteiger partial charge in [-0.15, -0.1) is 0 Å². The van der Waals surface area contributed by atoms with Crippen molar-refractivity contribution in [2.45, 2.75) is 50.7 Å². The molecule has 1 saturated carbocycles. The number of aliphatic carboxylic acids is 1. The summed E-state index contributed by atoms with van der Waals surface area (Å²) in [4.78, 5) is 24.9. The highest BCUT2D eigenvalue weighted by molar-refractivity contribution is 5.91. The van der Waals surface area contributed by atoms with E-state index in [0.717, 1.165) is 0 Å². The van der Waals surface area contributed by atoms with Crippen molar-refractivity contribution in [3.05, 3.63) is 30.1 Å². The second-order valence-corrected chi connectivity index (χ2v) is 6.29. The SMILES string of the molecule is CCC1N(c2ccccc2F)C(=O)OC12CCC(C(=O)O)CC2. The molecule has 1 amide bonds. The predicted molar refractivity (Wildman–Crippen MR) is 81.8 cm³/mol. The van der Waals surface area contributed by atoms with Gasteiger partial charge in [0.25, 0.3) is 0 Å². The zero-order valence-corrected chi connectivity index (χ0v) is 13.0. The molecule has 124 valence electrons. The molecular formula is C17H20FNO4. The maximum atomic E-state index is 14.1. The lowest BCUT2D eigenvalue weighted by Crippen LogP contribution is -2.48. The number of ether oxygens (including phenoxy) is 1. The van der Waals surface area contributed by atoms with Crippen LogP contribution in [-0.2, 0) is 9.53 Å². The Kier molecular flexibility index (Phi) is 4.00. The number of carbonyl (C=O) groups excluding carboxylic acids is 1. The Balaban J connectivity index is 1.89. The van der Waals surface area contributed by atoms with E-state index in [4.69, 9.17) is 9.84 Å². The van der Waals surface area contributed by atoms with Crippen molar-refractivity contribution in [2.75, 3.05) is 4.90 Å². The molecule has 5 nitrogen and oxygen atoms in total.